The van der Waals surface area contributed by atoms with Gasteiger partial charge in [-0.25, -0.2) is 19.0 Å². The van der Waals surface area contributed by atoms with Crippen LogP contribution in [0.4, 0.5) is 4.39 Å². The molecule has 0 aliphatic rings. The van der Waals surface area contributed by atoms with E-state index in [-0.39, 0.29) is 12.4 Å². The molecule has 0 bridgehead atoms. The van der Waals surface area contributed by atoms with Crippen molar-refractivity contribution in [2.24, 2.45) is 0 Å². The molecule has 0 radical (unpaired) electrons. The van der Waals surface area contributed by atoms with Crippen molar-refractivity contribution in [2.75, 3.05) is 6.61 Å². The number of ether oxygens (including phenoxy) is 1. The summed E-state index contributed by atoms with van der Waals surface area (Å²) in [7, 11) is 0. The third-order valence-electron chi connectivity index (χ3n) is 3.92. The van der Waals surface area contributed by atoms with Gasteiger partial charge in [0.25, 0.3) is 0 Å². The number of pyridine rings is 1. The maximum Gasteiger partial charge on any atom is 0.221 e. The molecule has 0 aliphatic carbocycles. The highest BCUT2D eigenvalue weighted by atomic mass is 19.1. The van der Waals surface area contributed by atoms with Gasteiger partial charge in [-0.2, -0.15) is 0 Å². The maximum atomic E-state index is 14.4. The Morgan fingerprint density at radius 1 is 1.31 bits per heavy atom. The first-order chi connectivity index (χ1) is 12.7. The minimum Gasteiger partial charge on any atom is -0.492 e. The standard InChI is InChI=1S/C18H15FN6O/c1-3-26-11(2)16-9-21-17-18(22-16)25(24-23-17)10-13-7-12-5-4-6-20-15(12)8-14(13)19/h4-9H,2-3,10H2,1H3. The second-order valence-electron chi connectivity index (χ2n) is 5.65. The second-order valence-corrected chi connectivity index (χ2v) is 5.65. The van der Waals surface area contributed by atoms with Crippen molar-refractivity contribution in [3.63, 3.8) is 0 Å². The fourth-order valence-corrected chi connectivity index (χ4v) is 2.67. The number of nitrogens with zero attached hydrogens (tertiary/aromatic N) is 6. The number of rotatable bonds is 5. The van der Waals surface area contributed by atoms with Crippen LogP contribution in [0.25, 0.3) is 28.0 Å². The van der Waals surface area contributed by atoms with E-state index < -0.39 is 0 Å². The number of hydrogen-bond acceptors (Lipinski definition) is 6. The molecule has 0 atom stereocenters. The molecule has 26 heavy (non-hydrogen) atoms. The monoisotopic (exact) mass is 350 g/mol. The maximum absolute atomic E-state index is 14.4. The first-order valence-electron chi connectivity index (χ1n) is 8.07. The summed E-state index contributed by atoms with van der Waals surface area (Å²) >= 11 is 0. The molecule has 3 heterocycles. The van der Waals surface area contributed by atoms with Crippen molar-refractivity contribution in [3.05, 3.63) is 60.3 Å². The molecular weight excluding hydrogens is 335 g/mol. The van der Waals surface area contributed by atoms with E-state index in [9.17, 15) is 4.39 Å². The molecule has 0 saturated carbocycles. The van der Waals surface area contributed by atoms with Crippen molar-refractivity contribution in [2.45, 2.75) is 13.5 Å². The third kappa shape index (κ3) is 2.85. The van der Waals surface area contributed by atoms with Crippen molar-refractivity contribution in [1.29, 1.82) is 0 Å². The zero-order valence-electron chi connectivity index (χ0n) is 14.1. The van der Waals surface area contributed by atoms with Crippen LogP contribution in [-0.2, 0) is 11.3 Å². The van der Waals surface area contributed by atoms with Gasteiger partial charge in [-0.15, -0.1) is 5.10 Å². The lowest BCUT2D eigenvalue weighted by Crippen LogP contribution is -2.06. The van der Waals surface area contributed by atoms with Crippen LogP contribution in [0.1, 0.15) is 18.2 Å². The Kier molecular flexibility index (Phi) is 4.00. The van der Waals surface area contributed by atoms with Crippen LogP contribution in [0.5, 0.6) is 0 Å². The lowest BCUT2D eigenvalue weighted by Gasteiger charge is -2.07. The Morgan fingerprint density at radius 3 is 3.04 bits per heavy atom. The van der Waals surface area contributed by atoms with E-state index in [1.807, 2.05) is 19.1 Å². The van der Waals surface area contributed by atoms with Crippen molar-refractivity contribution >= 4 is 28.0 Å². The van der Waals surface area contributed by atoms with Gasteiger partial charge >= 0.3 is 0 Å². The molecule has 4 aromatic rings. The highest BCUT2D eigenvalue weighted by Gasteiger charge is 2.13. The summed E-state index contributed by atoms with van der Waals surface area (Å²) in [4.78, 5) is 12.8. The smallest absolute Gasteiger partial charge is 0.221 e. The van der Waals surface area contributed by atoms with Crippen LogP contribution in [0.3, 0.4) is 0 Å². The van der Waals surface area contributed by atoms with E-state index >= 15 is 0 Å². The van der Waals surface area contributed by atoms with E-state index in [0.717, 1.165) is 5.39 Å². The third-order valence-corrected chi connectivity index (χ3v) is 3.92. The lowest BCUT2D eigenvalue weighted by atomic mass is 10.1. The Balaban J connectivity index is 1.74. The highest BCUT2D eigenvalue weighted by Crippen LogP contribution is 2.20. The van der Waals surface area contributed by atoms with E-state index in [0.29, 0.717) is 40.4 Å². The predicted octanol–water partition coefficient (Wildman–Crippen LogP) is 2.96. The van der Waals surface area contributed by atoms with Crippen LogP contribution in [0.2, 0.25) is 0 Å². The van der Waals surface area contributed by atoms with Gasteiger partial charge in [-0.05, 0) is 19.1 Å². The zero-order chi connectivity index (χ0) is 18.1. The van der Waals surface area contributed by atoms with Gasteiger partial charge < -0.3 is 4.74 Å². The number of fused-ring (bicyclic) bond motifs is 2. The van der Waals surface area contributed by atoms with Crippen molar-refractivity contribution < 1.29 is 9.13 Å². The summed E-state index contributed by atoms with van der Waals surface area (Å²) in [5.74, 6) is 0.0558. The Labute approximate surface area is 148 Å². The van der Waals surface area contributed by atoms with Gasteiger partial charge in [-0.3, -0.25) is 4.98 Å². The van der Waals surface area contributed by atoms with Gasteiger partial charge in [0.2, 0.25) is 5.65 Å². The van der Waals surface area contributed by atoms with Gasteiger partial charge in [-0.1, -0.05) is 17.9 Å². The summed E-state index contributed by atoms with van der Waals surface area (Å²) in [6.07, 6.45) is 3.16. The van der Waals surface area contributed by atoms with E-state index in [2.05, 4.69) is 31.8 Å². The minimum absolute atomic E-state index is 0.173. The Hall–Kier alpha value is -3.42. The summed E-state index contributed by atoms with van der Waals surface area (Å²) in [6.45, 7) is 6.34. The van der Waals surface area contributed by atoms with Crippen molar-refractivity contribution in [3.8, 4) is 0 Å². The SMILES string of the molecule is C=C(OCC)c1cnc2nnn(Cc3cc4cccnc4cc3F)c2n1. The normalized spacial score (nSPS) is 11.2. The molecule has 8 heteroatoms. The molecule has 130 valence electrons. The van der Waals surface area contributed by atoms with E-state index in [1.54, 1.807) is 12.3 Å². The number of benzene rings is 1. The summed E-state index contributed by atoms with van der Waals surface area (Å²) < 4.78 is 21.3. The molecule has 7 nitrogen and oxygen atoms in total. The van der Waals surface area contributed by atoms with Crippen LogP contribution in [0.15, 0.2) is 43.2 Å². The molecule has 0 saturated heterocycles. The molecule has 0 spiro atoms. The van der Waals surface area contributed by atoms with Gasteiger partial charge in [0.05, 0.1) is 24.9 Å². The molecule has 0 aliphatic heterocycles. The van der Waals surface area contributed by atoms with Crippen LogP contribution >= 0.6 is 0 Å². The van der Waals surface area contributed by atoms with Crippen molar-refractivity contribution in [1.82, 2.24) is 29.9 Å². The largest absolute Gasteiger partial charge is 0.492 e. The summed E-state index contributed by atoms with van der Waals surface area (Å²) in [5, 5.41) is 8.89. The fourth-order valence-electron chi connectivity index (χ4n) is 2.67. The molecule has 1 aromatic carbocycles. The average molecular weight is 350 g/mol. The minimum atomic E-state index is -0.359. The highest BCUT2D eigenvalue weighted by molar-refractivity contribution is 5.79. The van der Waals surface area contributed by atoms with Crippen LogP contribution in [0, 0.1) is 5.82 Å². The van der Waals surface area contributed by atoms with Gasteiger partial charge in [0, 0.05) is 23.2 Å². The summed E-state index contributed by atoms with van der Waals surface area (Å²) in [5.41, 5.74) is 2.38. The van der Waals surface area contributed by atoms with Crippen LogP contribution in [-0.4, -0.2) is 36.6 Å². The molecule has 0 amide bonds. The van der Waals surface area contributed by atoms with Gasteiger partial charge in [0.1, 0.15) is 17.3 Å². The topological polar surface area (TPSA) is 78.6 Å². The lowest BCUT2D eigenvalue weighted by molar-refractivity contribution is 0.297. The molecule has 0 unspecified atom stereocenters. The van der Waals surface area contributed by atoms with Gasteiger partial charge in [0.15, 0.2) is 5.65 Å². The first-order valence-corrected chi connectivity index (χ1v) is 8.07. The Morgan fingerprint density at radius 2 is 2.19 bits per heavy atom. The Bertz CT molecular complexity index is 1120. The van der Waals surface area contributed by atoms with Crippen LogP contribution < -0.4 is 0 Å². The molecule has 0 fully saturated rings. The molecule has 0 N–H and O–H groups in total. The fraction of sp³-hybridized carbons (Fsp3) is 0.167. The first kappa shape index (κ1) is 16.1. The van der Waals surface area contributed by atoms with E-state index in [4.69, 9.17) is 4.74 Å². The van der Waals surface area contributed by atoms with E-state index in [1.165, 1.54) is 16.9 Å². The number of halogens is 1. The average Bonchev–Trinajstić information content (AvgIpc) is 3.04. The zero-order valence-corrected chi connectivity index (χ0v) is 14.1. The molecule has 3 aromatic heterocycles. The predicted molar refractivity (Wildman–Crippen MR) is 94.6 cm³/mol. The number of hydrogen-bond donors (Lipinski definition) is 0. The quantitative estimate of drug-likeness (QED) is 0.515. The summed E-state index contributed by atoms with van der Waals surface area (Å²) in [6, 6.07) is 6.86. The molecule has 4 rings (SSSR count). The molecular formula is C18H15FN6O. The number of aromatic nitrogens is 6. The second kappa shape index (κ2) is 6.47.